The van der Waals surface area contributed by atoms with Crippen molar-refractivity contribution in [2.75, 3.05) is 38.1 Å². The summed E-state index contributed by atoms with van der Waals surface area (Å²) in [4.78, 5) is 27.2. The Morgan fingerprint density at radius 2 is 1.90 bits per heavy atom. The van der Waals surface area contributed by atoms with Crippen LogP contribution >= 0.6 is 11.6 Å². The Kier molecular flexibility index (Phi) is 6.51. The molecule has 0 saturated carbocycles. The van der Waals surface area contributed by atoms with Gasteiger partial charge in [0.2, 0.25) is 0 Å². The van der Waals surface area contributed by atoms with Gasteiger partial charge in [0, 0.05) is 45.4 Å². The van der Waals surface area contributed by atoms with Crippen molar-refractivity contribution in [1.82, 2.24) is 14.7 Å². The van der Waals surface area contributed by atoms with Crippen molar-refractivity contribution in [2.45, 2.75) is 26.1 Å². The highest BCUT2D eigenvalue weighted by Crippen LogP contribution is 2.21. The lowest BCUT2D eigenvalue weighted by Crippen LogP contribution is -2.47. The molecule has 0 aliphatic carbocycles. The largest absolute Gasteiger partial charge is 0.373 e. The Morgan fingerprint density at radius 3 is 2.48 bits per heavy atom. The summed E-state index contributed by atoms with van der Waals surface area (Å²) < 4.78 is 6.88. The normalized spacial score (nSPS) is 19.9. The van der Waals surface area contributed by atoms with E-state index in [1.54, 1.807) is 0 Å². The number of nitro groups is 1. The number of anilines is 1. The van der Waals surface area contributed by atoms with Crippen LogP contribution in [-0.2, 0) is 4.74 Å². The van der Waals surface area contributed by atoms with Crippen LogP contribution in [0.25, 0.3) is 5.69 Å². The van der Waals surface area contributed by atoms with Gasteiger partial charge in [-0.05, 0) is 26.0 Å². The molecular formula is C19H24ClN5O4. The summed E-state index contributed by atoms with van der Waals surface area (Å²) in [5.41, 5.74) is 0.423. The Hall–Kier alpha value is -2.49. The second kappa shape index (κ2) is 8.89. The van der Waals surface area contributed by atoms with Crippen molar-refractivity contribution in [3.05, 3.63) is 56.0 Å². The van der Waals surface area contributed by atoms with Crippen molar-refractivity contribution in [3.8, 4) is 5.69 Å². The molecule has 2 atom stereocenters. The van der Waals surface area contributed by atoms with E-state index in [1.807, 2.05) is 11.9 Å². The van der Waals surface area contributed by atoms with Gasteiger partial charge in [-0.1, -0.05) is 11.6 Å². The Morgan fingerprint density at radius 1 is 1.28 bits per heavy atom. The fourth-order valence-corrected chi connectivity index (χ4v) is 3.74. The lowest BCUT2D eigenvalue weighted by molar-refractivity contribution is -0.384. The van der Waals surface area contributed by atoms with E-state index in [-0.39, 0.29) is 22.9 Å². The van der Waals surface area contributed by atoms with E-state index in [1.165, 1.54) is 30.5 Å². The number of likely N-dealkylation sites (N-methyl/N-ethyl adjacent to an activating group) is 1. The molecule has 0 bridgehead atoms. The number of ether oxygens (including phenoxy) is 1. The van der Waals surface area contributed by atoms with Gasteiger partial charge in [0.05, 0.1) is 34.7 Å². The average Bonchev–Trinajstić information content (AvgIpc) is 2.67. The zero-order valence-electron chi connectivity index (χ0n) is 16.6. The summed E-state index contributed by atoms with van der Waals surface area (Å²) in [5.74, 6) is 0. The lowest BCUT2D eigenvalue weighted by Gasteiger charge is -2.36. The first kappa shape index (κ1) is 21.2. The van der Waals surface area contributed by atoms with E-state index in [2.05, 4.69) is 23.8 Å². The maximum absolute atomic E-state index is 12.7. The highest BCUT2D eigenvalue weighted by Gasteiger charge is 2.22. The first-order valence-electron chi connectivity index (χ1n) is 9.38. The van der Waals surface area contributed by atoms with Gasteiger partial charge in [0.15, 0.2) is 0 Å². The number of hydrogen-bond donors (Lipinski definition) is 0. The van der Waals surface area contributed by atoms with E-state index in [0.29, 0.717) is 17.9 Å². The molecule has 10 heteroatoms. The molecule has 0 N–H and O–H groups in total. The molecule has 29 heavy (non-hydrogen) atoms. The molecular weight excluding hydrogens is 398 g/mol. The third kappa shape index (κ3) is 4.92. The van der Waals surface area contributed by atoms with Gasteiger partial charge in [-0.15, -0.1) is 0 Å². The third-order valence-corrected chi connectivity index (χ3v) is 5.22. The molecule has 2 aromatic rings. The quantitative estimate of drug-likeness (QED) is 0.522. The number of non-ortho nitro benzene ring substituents is 1. The number of nitro benzene ring substituents is 1. The van der Waals surface area contributed by atoms with Gasteiger partial charge in [0.1, 0.15) is 5.02 Å². The van der Waals surface area contributed by atoms with Gasteiger partial charge >= 0.3 is 0 Å². The van der Waals surface area contributed by atoms with Gasteiger partial charge in [-0.25, -0.2) is 0 Å². The summed E-state index contributed by atoms with van der Waals surface area (Å²) in [5, 5.41) is 15.0. The smallest absolute Gasteiger partial charge is 0.292 e. The van der Waals surface area contributed by atoms with E-state index in [0.717, 1.165) is 24.3 Å². The van der Waals surface area contributed by atoms with Crippen LogP contribution in [-0.4, -0.2) is 65.0 Å². The molecule has 9 nitrogen and oxygen atoms in total. The van der Waals surface area contributed by atoms with E-state index in [4.69, 9.17) is 16.3 Å². The van der Waals surface area contributed by atoms with Crippen LogP contribution in [0.5, 0.6) is 0 Å². The van der Waals surface area contributed by atoms with Crippen LogP contribution in [0, 0.1) is 10.1 Å². The Labute approximate surface area is 173 Å². The molecule has 0 unspecified atom stereocenters. The molecule has 1 aromatic carbocycles. The van der Waals surface area contributed by atoms with Crippen LogP contribution in [0.2, 0.25) is 5.02 Å². The third-order valence-electron chi connectivity index (χ3n) is 4.86. The highest BCUT2D eigenvalue weighted by atomic mass is 35.5. The number of rotatable bonds is 6. The van der Waals surface area contributed by atoms with Crippen molar-refractivity contribution < 1.29 is 9.66 Å². The molecule has 1 aliphatic heterocycles. The molecule has 156 valence electrons. The van der Waals surface area contributed by atoms with Crippen molar-refractivity contribution in [3.63, 3.8) is 0 Å². The predicted molar refractivity (Wildman–Crippen MR) is 111 cm³/mol. The van der Waals surface area contributed by atoms with Crippen LogP contribution in [0.15, 0.2) is 35.3 Å². The second-order valence-electron chi connectivity index (χ2n) is 7.27. The average molecular weight is 422 g/mol. The van der Waals surface area contributed by atoms with Gasteiger partial charge < -0.3 is 9.64 Å². The molecule has 3 rings (SSSR count). The number of hydrogen-bond acceptors (Lipinski definition) is 7. The minimum absolute atomic E-state index is 0.0593. The predicted octanol–water partition coefficient (Wildman–Crippen LogP) is 2.34. The van der Waals surface area contributed by atoms with Gasteiger partial charge in [-0.2, -0.15) is 9.78 Å². The minimum Gasteiger partial charge on any atom is -0.373 e. The van der Waals surface area contributed by atoms with Crippen LogP contribution < -0.4 is 10.5 Å². The Bertz CT molecular complexity index is 923. The monoisotopic (exact) mass is 421 g/mol. The van der Waals surface area contributed by atoms with Crippen molar-refractivity contribution >= 4 is 23.0 Å². The number of morpholine rings is 1. The first-order valence-corrected chi connectivity index (χ1v) is 9.75. The summed E-state index contributed by atoms with van der Waals surface area (Å²) in [6, 6.07) is 5.57. The molecule has 1 fully saturated rings. The number of nitrogens with zero attached hydrogens (tertiary/aromatic N) is 5. The second-order valence-corrected chi connectivity index (χ2v) is 7.65. The molecule has 2 heterocycles. The molecule has 1 saturated heterocycles. The zero-order chi connectivity index (χ0) is 21.1. The standard InChI is InChI=1S/C19H24ClN5O4/c1-13-11-23(12-14(2)29-13)9-8-22(3)17-10-21-24(19(26)18(17)20)15-4-6-16(7-5-15)25(27)28/h4-7,10,13-14H,8-9,11-12H2,1-3H3/t13-,14+. The summed E-state index contributed by atoms with van der Waals surface area (Å²) in [6.07, 6.45) is 1.93. The molecule has 0 amide bonds. The summed E-state index contributed by atoms with van der Waals surface area (Å²) in [6.45, 7) is 7.35. The van der Waals surface area contributed by atoms with Crippen molar-refractivity contribution in [1.29, 1.82) is 0 Å². The number of aromatic nitrogens is 2. The van der Waals surface area contributed by atoms with E-state index in [9.17, 15) is 14.9 Å². The van der Waals surface area contributed by atoms with Crippen LogP contribution in [0.3, 0.4) is 0 Å². The topological polar surface area (TPSA) is 93.7 Å². The van der Waals surface area contributed by atoms with E-state index < -0.39 is 10.5 Å². The minimum atomic E-state index is -0.499. The fraction of sp³-hybridized carbons (Fsp3) is 0.474. The van der Waals surface area contributed by atoms with Crippen LogP contribution in [0.4, 0.5) is 11.4 Å². The molecule has 0 spiro atoms. The van der Waals surface area contributed by atoms with Gasteiger partial charge in [0.25, 0.3) is 11.2 Å². The molecule has 0 radical (unpaired) electrons. The van der Waals surface area contributed by atoms with E-state index >= 15 is 0 Å². The number of benzene rings is 1. The molecule has 1 aliphatic rings. The first-order chi connectivity index (χ1) is 13.8. The van der Waals surface area contributed by atoms with Crippen molar-refractivity contribution in [2.24, 2.45) is 0 Å². The van der Waals surface area contributed by atoms with Gasteiger partial charge in [-0.3, -0.25) is 19.8 Å². The SMILES string of the molecule is C[C@@H]1CN(CCN(C)c2cnn(-c3ccc([N+](=O)[O-])cc3)c(=O)c2Cl)C[C@H](C)O1. The highest BCUT2D eigenvalue weighted by molar-refractivity contribution is 6.33. The fourth-order valence-electron chi connectivity index (χ4n) is 3.47. The maximum atomic E-state index is 12.7. The molecule has 1 aromatic heterocycles. The summed E-state index contributed by atoms with van der Waals surface area (Å²) >= 11 is 6.34. The lowest BCUT2D eigenvalue weighted by atomic mass is 10.2. The number of halogens is 1. The van der Waals surface area contributed by atoms with Crippen LogP contribution in [0.1, 0.15) is 13.8 Å². The zero-order valence-corrected chi connectivity index (χ0v) is 17.4. The maximum Gasteiger partial charge on any atom is 0.292 e. The Balaban J connectivity index is 1.73. The summed E-state index contributed by atoms with van der Waals surface area (Å²) in [7, 11) is 1.87.